The maximum atomic E-state index is 4.66. The van der Waals surface area contributed by atoms with Crippen LogP contribution in [0.25, 0.3) is 0 Å². The van der Waals surface area contributed by atoms with E-state index in [9.17, 15) is 0 Å². The third kappa shape index (κ3) is 6.55. The van der Waals surface area contributed by atoms with Crippen molar-refractivity contribution >= 4 is 20.0 Å². The van der Waals surface area contributed by atoms with Crippen LogP contribution in [0.15, 0.2) is 0 Å². The molecule has 0 aliphatic heterocycles. The van der Waals surface area contributed by atoms with E-state index in [0.29, 0.717) is 0 Å². The van der Waals surface area contributed by atoms with Gasteiger partial charge in [0.1, 0.15) is 0 Å². The predicted molar refractivity (Wildman–Crippen MR) is 116 cm³/mol. The molecule has 3 unspecified atom stereocenters. The molecule has 0 amide bonds. The second kappa shape index (κ2) is 11.1. The molecule has 0 aromatic carbocycles. The zero-order valence-corrected chi connectivity index (χ0v) is 20.8. The first-order valence-corrected chi connectivity index (χ1v) is 25.0. The molecule has 3 saturated carbocycles. The Morgan fingerprint density at radius 3 is 1.08 bits per heavy atom. The number of hydrogen-bond donors (Lipinski definition) is 0. The first-order valence-electron chi connectivity index (χ1n) is 10.5. The third-order valence-electron chi connectivity index (χ3n) is 5.91. The second-order valence-corrected chi connectivity index (χ2v) is 43.2. The molecular formula is C20H40P3Pt. The summed E-state index contributed by atoms with van der Waals surface area (Å²) in [6, 6.07) is 0. The topological polar surface area (TPSA) is 0 Å². The molecule has 3 fully saturated rings. The number of rotatable bonds is 7. The molecule has 4 heteroatoms. The summed E-state index contributed by atoms with van der Waals surface area (Å²) in [7, 11) is 0. The molecule has 1 radical (unpaired) electrons. The van der Waals surface area contributed by atoms with Gasteiger partial charge >= 0.3 is 160 Å². The molecule has 3 aliphatic carbocycles. The fraction of sp³-hybridized carbons (Fsp3) is 0.950. The van der Waals surface area contributed by atoms with Crippen LogP contribution in [0.1, 0.15) is 96.3 Å². The van der Waals surface area contributed by atoms with Crippen molar-refractivity contribution in [2.45, 2.75) is 118 Å². The maximum absolute atomic E-state index is 4.66. The molecule has 3 aliphatic rings. The van der Waals surface area contributed by atoms with Crippen LogP contribution in [-0.2, 0) is 14.5 Å². The van der Waals surface area contributed by atoms with Crippen LogP contribution in [-0.4, -0.2) is 17.0 Å². The standard InChI is InChI=1S/3C6H12P.C2H4.Pt/c3*7-6-4-2-1-3-5-6;1-2;/h3*6-7H,1-5H2;1-2H2;/q3*-1;;+3. The number of hydrogen-bond acceptors (Lipinski definition) is 0. The fourth-order valence-electron chi connectivity index (χ4n) is 4.46. The van der Waals surface area contributed by atoms with Gasteiger partial charge in [0.05, 0.1) is 0 Å². The van der Waals surface area contributed by atoms with E-state index in [4.69, 9.17) is 0 Å². The Morgan fingerprint density at radius 1 is 0.542 bits per heavy atom. The molecular weight excluding hydrogens is 528 g/mol. The van der Waals surface area contributed by atoms with Gasteiger partial charge in [0.15, 0.2) is 0 Å². The van der Waals surface area contributed by atoms with Crippen molar-refractivity contribution < 1.29 is 14.5 Å². The Bertz CT molecular complexity index is 294. The summed E-state index contributed by atoms with van der Waals surface area (Å²) in [5.74, 6) is 0. The Hall–Kier alpha value is 1.98. The molecule has 0 N–H and O–H groups in total. The summed E-state index contributed by atoms with van der Waals surface area (Å²) in [5.41, 5.74) is 3.47. The SMILES string of the molecule is [CH2][CH2][Pt]([PH]C1CCCCC1)([PH]C1CCCCC1)[PH]C1CCCCC1. The summed E-state index contributed by atoms with van der Waals surface area (Å²) in [4.78, 5) is 1.44. The minimum atomic E-state index is -1.58. The average Bonchev–Trinajstić information content (AvgIpc) is 2.64. The Labute approximate surface area is 159 Å². The zero-order chi connectivity index (χ0) is 16.7. The normalized spacial score (nSPS) is 30.7. The van der Waals surface area contributed by atoms with Gasteiger partial charge in [-0.1, -0.05) is 0 Å². The van der Waals surface area contributed by atoms with Crippen molar-refractivity contribution in [3.8, 4) is 0 Å². The molecule has 0 aromatic heterocycles. The molecule has 0 spiro atoms. The van der Waals surface area contributed by atoms with Crippen molar-refractivity contribution in [3.63, 3.8) is 0 Å². The average molecular weight is 569 g/mol. The van der Waals surface area contributed by atoms with E-state index in [2.05, 4.69) is 6.92 Å². The Morgan fingerprint density at radius 2 is 0.833 bits per heavy atom. The van der Waals surface area contributed by atoms with E-state index in [1.165, 1.54) is 44.1 Å². The van der Waals surface area contributed by atoms with Gasteiger partial charge in [-0.25, -0.2) is 0 Å². The molecule has 0 bridgehead atoms. The second-order valence-electron chi connectivity index (χ2n) is 8.01. The van der Waals surface area contributed by atoms with Crippen molar-refractivity contribution in [3.05, 3.63) is 6.92 Å². The van der Waals surface area contributed by atoms with E-state index in [-0.39, 0.29) is 0 Å². The van der Waals surface area contributed by atoms with E-state index < -0.39 is 14.5 Å². The summed E-state index contributed by atoms with van der Waals surface area (Å²) in [5, 5.41) is 0. The first-order chi connectivity index (χ1) is 11.8. The van der Waals surface area contributed by atoms with Crippen molar-refractivity contribution in [2.75, 3.05) is 0 Å². The van der Waals surface area contributed by atoms with Gasteiger partial charge in [-0.3, -0.25) is 0 Å². The summed E-state index contributed by atoms with van der Waals surface area (Å²) >= 11 is -1.58. The summed E-state index contributed by atoms with van der Waals surface area (Å²) < 4.78 is 0. The summed E-state index contributed by atoms with van der Waals surface area (Å²) in [6.45, 7) is 8.96. The van der Waals surface area contributed by atoms with Gasteiger partial charge in [0.2, 0.25) is 0 Å². The van der Waals surface area contributed by atoms with Gasteiger partial charge in [0, 0.05) is 0 Å². The Kier molecular flexibility index (Phi) is 9.57. The molecule has 0 saturated heterocycles. The van der Waals surface area contributed by atoms with Crippen LogP contribution in [0.4, 0.5) is 0 Å². The van der Waals surface area contributed by atoms with Gasteiger partial charge < -0.3 is 0 Å². The molecule has 3 atom stereocenters. The minimum absolute atomic E-state index is 1.16. The van der Waals surface area contributed by atoms with Gasteiger partial charge in [-0.15, -0.1) is 0 Å². The molecule has 0 aromatic rings. The first kappa shape index (κ1) is 20.7. The van der Waals surface area contributed by atoms with Crippen LogP contribution < -0.4 is 0 Å². The van der Waals surface area contributed by atoms with Crippen LogP contribution in [0, 0.1) is 6.92 Å². The summed E-state index contributed by atoms with van der Waals surface area (Å²) in [6.07, 6.45) is 23.4. The third-order valence-corrected chi connectivity index (χ3v) is 46.8. The van der Waals surface area contributed by atoms with Crippen molar-refractivity contribution in [1.82, 2.24) is 0 Å². The molecule has 0 heterocycles. The van der Waals surface area contributed by atoms with Crippen LogP contribution in [0.2, 0.25) is 4.81 Å². The van der Waals surface area contributed by atoms with Crippen LogP contribution in [0.5, 0.6) is 0 Å². The van der Waals surface area contributed by atoms with E-state index >= 15 is 0 Å². The quantitative estimate of drug-likeness (QED) is 0.272. The van der Waals surface area contributed by atoms with E-state index in [0.717, 1.165) is 17.0 Å². The van der Waals surface area contributed by atoms with Crippen LogP contribution >= 0.6 is 20.0 Å². The predicted octanol–water partition coefficient (Wildman–Crippen LogP) is 8.17. The van der Waals surface area contributed by atoms with Gasteiger partial charge in [-0.2, -0.15) is 0 Å². The van der Waals surface area contributed by atoms with Crippen molar-refractivity contribution in [1.29, 1.82) is 0 Å². The molecule has 3 rings (SSSR count). The fourth-order valence-corrected chi connectivity index (χ4v) is 55.7. The zero-order valence-electron chi connectivity index (χ0n) is 15.6. The van der Waals surface area contributed by atoms with E-state index in [1.54, 1.807) is 77.0 Å². The molecule has 145 valence electrons. The van der Waals surface area contributed by atoms with Gasteiger partial charge in [0.25, 0.3) is 0 Å². The van der Waals surface area contributed by atoms with Gasteiger partial charge in [-0.05, 0) is 0 Å². The monoisotopic (exact) mass is 568 g/mol. The molecule has 0 nitrogen and oxygen atoms in total. The molecule has 24 heavy (non-hydrogen) atoms. The van der Waals surface area contributed by atoms with Crippen LogP contribution in [0.3, 0.4) is 0 Å². The Balaban J connectivity index is 1.65. The van der Waals surface area contributed by atoms with Crippen molar-refractivity contribution in [2.24, 2.45) is 0 Å². The van der Waals surface area contributed by atoms with E-state index in [1.807, 2.05) is 0 Å².